The monoisotopic (exact) mass is 409 g/mol. The Labute approximate surface area is 171 Å². The highest BCUT2D eigenvalue weighted by Crippen LogP contribution is 2.32. The zero-order valence-electron chi connectivity index (χ0n) is 15.9. The summed E-state index contributed by atoms with van der Waals surface area (Å²) in [5, 5.41) is 4.71. The number of anilines is 1. The lowest BCUT2D eigenvalue weighted by atomic mass is 10.1. The highest BCUT2D eigenvalue weighted by atomic mass is 32.1. The molecule has 0 radical (unpaired) electrons. The van der Waals surface area contributed by atoms with Gasteiger partial charge in [0, 0.05) is 18.5 Å². The van der Waals surface area contributed by atoms with E-state index in [1.54, 1.807) is 23.5 Å². The summed E-state index contributed by atoms with van der Waals surface area (Å²) >= 11 is 1.66. The zero-order valence-corrected chi connectivity index (χ0v) is 16.7. The summed E-state index contributed by atoms with van der Waals surface area (Å²) in [6.45, 7) is 3.35. The van der Waals surface area contributed by atoms with Crippen LogP contribution in [-0.4, -0.2) is 24.0 Å². The van der Waals surface area contributed by atoms with Gasteiger partial charge in [-0.25, -0.2) is 9.37 Å². The number of aromatic nitrogens is 1. The van der Waals surface area contributed by atoms with Gasteiger partial charge in [-0.05, 0) is 49.7 Å². The van der Waals surface area contributed by atoms with Gasteiger partial charge in [-0.2, -0.15) is 0 Å². The van der Waals surface area contributed by atoms with Crippen molar-refractivity contribution < 1.29 is 13.6 Å². The number of fused-ring (bicyclic) bond motifs is 2. The van der Waals surface area contributed by atoms with Crippen LogP contribution in [-0.2, 0) is 4.79 Å². The van der Waals surface area contributed by atoms with Gasteiger partial charge in [-0.3, -0.25) is 4.79 Å². The molecule has 0 bridgehead atoms. The predicted molar refractivity (Wildman–Crippen MR) is 113 cm³/mol. The molecule has 148 valence electrons. The number of para-hydroxylation sites is 1. The minimum absolute atomic E-state index is 0.00717. The van der Waals surface area contributed by atoms with E-state index in [2.05, 4.69) is 16.3 Å². The molecular formula is C22H20FN3O2S. The van der Waals surface area contributed by atoms with Gasteiger partial charge in [0.2, 0.25) is 5.91 Å². The molecule has 1 N–H and O–H groups in total. The number of carbonyl (C=O) groups is 1. The largest absolute Gasteiger partial charge is 0.459 e. The van der Waals surface area contributed by atoms with E-state index >= 15 is 0 Å². The van der Waals surface area contributed by atoms with Gasteiger partial charge in [-0.1, -0.05) is 23.5 Å². The zero-order chi connectivity index (χ0) is 20.0. The predicted octanol–water partition coefficient (Wildman–Crippen LogP) is 4.89. The Morgan fingerprint density at radius 2 is 2.17 bits per heavy atom. The van der Waals surface area contributed by atoms with Crippen LogP contribution >= 0.6 is 11.3 Å². The topological polar surface area (TPSA) is 58.4 Å². The first-order valence-electron chi connectivity index (χ1n) is 9.67. The van der Waals surface area contributed by atoms with Crippen molar-refractivity contribution in [3.63, 3.8) is 0 Å². The fourth-order valence-corrected chi connectivity index (χ4v) is 4.79. The van der Waals surface area contributed by atoms with Crippen molar-refractivity contribution in [3.05, 3.63) is 60.1 Å². The highest BCUT2D eigenvalue weighted by Gasteiger charge is 2.31. The van der Waals surface area contributed by atoms with Gasteiger partial charge in [0.15, 0.2) is 5.13 Å². The Bertz CT molecular complexity index is 1170. The summed E-state index contributed by atoms with van der Waals surface area (Å²) in [5.41, 5.74) is 1.61. The lowest BCUT2D eigenvalue weighted by Crippen LogP contribution is -2.34. The molecule has 1 amide bonds. The standard InChI is InChI=1S/C22H20FN3O2S/c1-13(19-11-15-10-16(23)6-7-18(15)28-19)24-21(27)14-8-9-26(12-14)22-25-17-4-2-3-5-20(17)29-22/h2-7,10-11,13-14H,8-9,12H2,1H3,(H,24,27). The van der Waals surface area contributed by atoms with Crippen molar-refractivity contribution in [2.24, 2.45) is 5.92 Å². The van der Waals surface area contributed by atoms with Crippen molar-refractivity contribution in [3.8, 4) is 0 Å². The van der Waals surface area contributed by atoms with Crippen LogP contribution in [0.5, 0.6) is 0 Å². The average molecular weight is 409 g/mol. The second kappa shape index (κ2) is 7.15. The maximum Gasteiger partial charge on any atom is 0.225 e. The normalized spacial score (nSPS) is 17.9. The van der Waals surface area contributed by atoms with E-state index < -0.39 is 0 Å². The Kier molecular flexibility index (Phi) is 4.47. The molecule has 1 aliphatic heterocycles. The number of thiazole rings is 1. The van der Waals surface area contributed by atoms with Crippen LogP contribution < -0.4 is 10.2 Å². The quantitative estimate of drug-likeness (QED) is 0.522. The third-order valence-electron chi connectivity index (χ3n) is 5.40. The van der Waals surface area contributed by atoms with E-state index in [4.69, 9.17) is 9.40 Å². The number of amides is 1. The van der Waals surface area contributed by atoms with Crippen molar-refractivity contribution in [2.45, 2.75) is 19.4 Å². The van der Waals surface area contributed by atoms with Crippen LogP contribution in [0.1, 0.15) is 25.1 Å². The second-order valence-corrected chi connectivity index (χ2v) is 8.47. The lowest BCUT2D eigenvalue weighted by Gasteiger charge is -2.17. The van der Waals surface area contributed by atoms with Crippen LogP contribution in [0.3, 0.4) is 0 Å². The molecule has 29 heavy (non-hydrogen) atoms. The van der Waals surface area contributed by atoms with Gasteiger partial charge >= 0.3 is 0 Å². The van der Waals surface area contributed by atoms with Crippen molar-refractivity contribution in [2.75, 3.05) is 18.0 Å². The summed E-state index contributed by atoms with van der Waals surface area (Å²) < 4.78 is 20.3. The summed E-state index contributed by atoms with van der Waals surface area (Å²) in [4.78, 5) is 19.7. The molecule has 0 spiro atoms. The summed E-state index contributed by atoms with van der Waals surface area (Å²) in [7, 11) is 0. The lowest BCUT2D eigenvalue weighted by molar-refractivity contribution is -0.125. The molecule has 3 heterocycles. The third kappa shape index (κ3) is 3.46. The number of carbonyl (C=O) groups excluding carboxylic acids is 1. The molecule has 2 aromatic carbocycles. The maximum absolute atomic E-state index is 13.4. The fraction of sp³-hybridized carbons (Fsp3) is 0.273. The summed E-state index contributed by atoms with van der Waals surface area (Å²) in [5.74, 6) is 0.237. The van der Waals surface area contributed by atoms with Crippen LogP contribution in [0.2, 0.25) is 0 Å². The van der Waals surface area contributed by atoms with Crippen LogP contribution in [0.4, 0.5) is 9.52 Å². The summed E-state index contributed by atoms with van der Waals surface area (Å²) in [6, 6.07) is 14.0. The Balaban J connectivity index is 1.25. The van der Waals surface area contributed by atoms with Gasteiger partial charge < -0.3 is 14.6 Å². The number of nitrogens with one attached hydrogen (secondary N) is 1. The highest BCUT2D eigenvalue weighted by molar-refractivity contribution is 7.22. The van der Waals surface area contributed by atoms with E-state index in [0.29, 0.717) is 23.3 Å². The molecule has 0 saturated carbocycles. The van der Waals surface area contributed by atoms with Crippen LogP contribution in [0.25, 0.3) is 21.2 Å². The van der Waals surface area contributed by atoms with Crippen LogP contribution in [0.15, 0.2) is 52.9 Å². The van der Waals surface area contributed by atoms with Gasteiger partial charge in [0.1, 0.15) is 17.2 Å². The summed E-state index contributed by atoms with van der Waals surface area (Å²) in [6.07, 6.45) is 0.791. The van der Waals surface area contributed by atoms with Crippen molar-refractivity contribution in [1.29, 1.82) is 0 Å². The maximum atomic E-state index is 13.4. The number of furan rings is 1. The molecular weight excluding hydrogens is 389 g/mol. The minimum atomic E-state index is -0.303. The molecule has 1 saturated heterocycles. The molecule has 0 aliphatic carbocycles. The van der Waals surface area contributed by atoms with Crippen LogP contribution in [0, 0.1) is 11.7 Å². The minimum Gasteiger partial charge on any atom is -0.459 e. The second-order valence-electron chi connectivity index (χ2n) is 7.46. The molecule has 5 nitrogen and oxygen atoms in total. The van der Waals surface area contributed by atoms with Gasteiger partial charge in [0.25, 0.3) is 0 Å². The average Bonchev–Trinajstić information content (AvgIpc) is 3.44. The Morgan fingerprint density at radius 1 is 1.31 bits per heavy atom. The SMILES string of the molecule is CC(NC(=O)C1CCN(c2nc3ccccc3s2)C1)c1cc2cc(F)ccc2o1. The first kappa shape index (κ1) is 18.1. The Morgan fingerprint density at radius 3 is 3.03 bits per heavy atom. The molecule has 2 atom stereocenters. The van der Waals surface area contributed by atoms with Crippen molar-refractivity contribution in [1.82, 2.24) is 10.3 Å². The fourth-order valence-electron chi connectivity index (χ4n) is 3.79. The van der Waals surface area contributed by atoms with Crippen molar-refractivity contribution >= 4 is 43.6 Å². The molecule has 1 fully saturated rings. The molecule has 2 unspecified atom stereocenters. The number of hydrogen-bond acceptors (Lipinski definition) is 5. The molecule has 7 heteroatoms. The number of rotatable bonds is 4. The molecule has 5 rings (SSSR count). The third-order valence-corrected chi connectivity index (χ3v) is 6.49. The number of nitrogens with zero attached hydrogens (tertiary/aromatic N) is 2. The number of halogens is 1. The van der Waals surface area contributed by atoms with E-state index in [-0.39, 0.29) is 23.7 Å². The molecule has 4 aromatic rings. The van der Waals surface area contributed by atoms with E-state index in [1.807, 2.05) is 25.1 Å². The Hall–Kier alpha value is -2.93. The first-order chi connectivity index (χ1) is 14.1. The van der Waals surface area contributed by atoms with E-state index in [9.17, 15) is 9.18 Å². The molecule has 2 aromatic heterocycles. The van der Waals surface area contributed by atoms with E-state index in [1.165, 1.54) is 12.1 Å². The van der Waals surface area contributed by atoms with Gasteiger partial charge in [-0.15, -0.1) is 0 Å². The number of benzene rings is 2. The number of hydrogen-bond donors (Lipinski definition) is 1. The van der Waals surface area contributed by atoms with Gasteiger partial charge in [0.05, 0.1) is 22.2 Å². The van der Waals surface area contributed by atoms with E-state index in [0.717, 1.165) is 28.3 Å². The molecule has 1 aliphatic rings. The first-order valence-corrected chi connectivity index (χ1v) is 10.5. The smallest absolute Gasteiger partial charge is 0.225 e.